The summed E-state index contributed by atoms with van der Waals surface area (Å²) in [7, 11) is 6.05. The van der Waals surface area contributed by atoms with Gasteiger partial charge in [-0.3, -0.25) is 0 Å². The third-order valence-electron chi connectivity index (χ3n) is 3.79. The molecule has 1 aliphatic carbocycles. The Labute approximate surface area is 74.9 Å². The molecule has 0 N–H and O–H groups in total. The van der Waals surface area contributed by atoms with E-state index in [1.807, 2.05) is 0 Å². The normalized spacial score (nSPS) is 55.3. The van der Waals surface area contributed by atoms with Crippen molar-refractivity contribution in [2.75, 3.05) is 5.75 Å². The molecule has 0 spiro atoms. The van der Waals surface area contributed by atoms with Crippen LogP contribution in [0.4, 0.5) is 0 Å². The largest absolute Gasteiger partial charge is 0.158 e. The fourth-order valence-electron chi connectivity index (χ4n) is 2.78. The number of fused-ring (bicyclic) bond motifs is 2. The second-order valence-electron chi connectivity index (χ2n) is 4.15. The molecule has 1 unspecified atom stereocenters. The molecule has 1 saturated heterocycles. The molecule has 2 rings (SSSR count). The summed E-state index contributed by atoms with van der Waals surface area (Å²) in [5, 5.41) is 0.773. The molecule has 60 valence electrons. The molecule has 0 aromatic heterocycles. The van der Waals surface area contributed by atoms with E-state index < -0.39 is 0 Å². The monoisotopic (exact) mass is 166 g/mol. The summed E-state index contributed by atoms with van der Waals surface area (Å²) in [6.07, 6.45) is 2.60. The van der Waals surface area contributed by atoms with Crippen molar-refractivity contribution in [3.05, 3.63) is 0 Å². The second-order valence-corrected chi connectivity index (χ2v) is 5.31. The van der Waals surface area contributed by atoms with Crippen molar-refractivity contribution in [1.82, 2.24) is 0 Å². The summed E-state index contributed by atoms with van der Waals surface area (Å²) in [6, 6.07) is 0. The van der Waals surface area contributed by atoms with E-state index in [0.717, 1.165) is 11.2 Å². The average molecular weight is 166 g/mol. The van der Waals surface area contributed by atoms with Crippen molar-refractivity contribution in [3.8, 4) is 0 Å². The first-order valence-corrected chi connectivity index (χ1v) is 5.62. The van der Waals surface area contributed by atoms with Crippen molar-refractivity contribution < 1.29 is 0 Å². The zero-order chi connectivity index (χ0) is 8.06. The van der Waals surface area contributed by atoms with Crippen LogP contribution in [0.1, 0.15) is 26.7 Å². The Morgan fingerprint density at radius 1 is 1.64 bits per heavy atom. The first-order valence-electron chi connectivity index (χ1n) is 4.57. The third-order valence-corrected chi connectivity index (χ3v) is 5.67. The third kappa shape index (κ3) is 0.913. The summed E-state index contributed by atoms with van der Waals surface area (Å²) >= 11 is 2.11. The molecule has 2 aliphatic rings. The molecule has 1 saturated carbocycles. The van der Waals surface area contributed by atoms with Gasteiger partial charge in [0.25, 0.3) is 0 Å². The first kappa shape index (κ1) is 8.03. The fourth-order valence-corrected chi connectivity index (χ4v) is 4.81. The Morgan fingerprint density at radius 2 is 2.36 bits per heavy atom. The SMILES string of the molecule is [B][C@@H]1C[C@@]2(CC)CS[C@H]1C2C. The standard InChI is InChI=1S/C9H15BS/c1-3-9-4-7(10)8(6(9)2)11-5-9/h6-8H,3-5H2,1-2H3/t6?,7-,8+,9+/m1/s1. The van der Waals surface area contributed by atoms with E-state index in [1.165, 1.54) is 18.6 Å². The molecular formula is C9H15BS. The van der Waals surface area contributed by atoms with Crippen LogP contribution in [0.15, 0.2) is 0 Å². The van der Waals surface area contributed by atoms with E-state index in [0.29, 0.717) is 11.2 Å². The lowest BCUT2D eigenvalue weighted by Gasteiger charge is -2.28. The van der Waals surface area contributed by atoms with Crippen molar-refractivity contribution in [1.29, 1.82) is 0 Å². The highest BCUT2D eigenvalue weighted by atomic mass is 32.2. The van der Waals surface area contributed by atoms with E-state index in [4.69, 9.17) is 7.85 Å². The number of rotatable bonds is 1. The van der Waals surface area contributed by atoms with Gasteiger partial charge in [-0.15, -0.1) is 0 Å². The molecule has 0 aromatic carbocycles. The molecule has 1 heterocycles. The van der Waals surface area contributed by atoms with Crippen LogP contribution in [0.3, 0.4) is 0 Å². The Bertz CT molecular complexity index is 171. The van der Waals surface area contributed by atoms with E-state index in [-0.39, 0.29) is 0 Å². The Morgan fingerprint density at radius 3 is 2.64 bits per heavy atom. The number of hydrogen-bond donors (Lipinski definition) is 0. The summed E-state index contributed by atoms with van der Waals surface area (Å²) in [5.41, 5.74) is 0.620. The lowest BCUT2D eigenvalue weighted by molar-refractivity contribution is 0.259. The number of thioether (sulfide) groups is 1. The molecule has 2 fully saturated rings. The van der Waals surface area contributed by atoms with Gasteiger partial charge in [-0.2, -0.15) is 11.8 Å². The average Bonchev–Trinajstić information content (AvgIpc) is 2.42. The Balaban J connectivity index is 2.24. The highest BCUT2D eigenvalue weighted by Gasteiger charge is 2.53. The van der Waals surface area contributed by atoms with Gasteiger partial charge in [0.05, 0.1) is 7.85 Å². The molecule has 1 aliphatic heterocycles. The Hall–Kier alpha value is 0.415. The van der Waals surface area contributed by atoms with Crippen LogP contribution >= 0.6 is 11.8 Å². The first-order chi connectivity index (χ1) is 5.19. The maximum Gasteiger partial charge on any atom is 0.0714 e. The van der Waals surface area contributed by atoms with Crippen molar-refractivity contribution in [3.63, 3.8) is 0 Å². The van der Waals surface area contributed by atoms with E-state index in [2.05, 4.69) is 25.6 Å². The molecule has 11 heavy (non-hydrogen) atoms. The molecule has 0 nitrogen and oxygen atoms in total. The molecular weight excluding hydrogens is 151 g/mol. The van der Waals surface area contributed by atoms with Crippen molar-refractivity contribution in [2.45, 2.75) is 37.8 Å². The maximum atomic E-state index is 6.05. The molecule has 4 atom stereocenters. The van der Waals surface area contributed by atoms with Gasteiger partial charge < -0.3 is 0 Å². The van der Waals surface area contributed by atoms with Gasteiger partial charge >= 0.3 is 0 Å². The van der Waals surface area contributed by atoms with Crippen LogP contribution in [0.2, 0.25) is 5.82 Å². The molecule has 2 heteroatoms. The highest BCUT2D eigenvalue weighted by molar-refractivity contribution is 8.00. The minimum absolute atomic E-state index is 0.490. The minimum atomic E-state index is 0.490. The van der Waals surface area contributed by atoms with Gasteiger partial charge in [0, 0.05) is 5.25 Å². The van der Waals surface area contributed by atoms with Crippen LogP contribution in [-0.2, 0) is 0 Å². The zero-order valence-corrected chi connectivity index (χ0v) is 8.16. The summed E-state index contributed by atoms with van der Waals surface area (Å²) in [6.45, 7) is 4.71. The van der Waals surface area contributed by atoms with Gasteiger partial charge in [0.2, 0.25) is 0 Å². The molecule has 0 aromatic rings. The fraction of sp³-hybridized carbons (Fsp3) is 1.00. The van der Waals surface area contributed by atoms with Crippen LogP contribution in [-0.4, -0.2) is 18.8 Å². The van der Waals surface area contributed by atoms with E-state index >= 15 is 0 Å². The van der Waals surface area contributed by atoms with Gasteiger partial charge in [0.1, 0.15) is 0 Å². The molecule has 2 radical (unpaired) electrons. The summed E-state index contributed by atoms with van der Waals surface area (Å²) in [5.74, 6) is 2.72. The van der Waals surface area contributed by atoms with Crippen LogP contribution in [0, 0.1) is 11.3 Å². The Kier molecular flexibility index (Phi) is 1.79. The predicted molar refractivity (Wildman–Crippen MR) is 52.3 cm³/mol. The maximum absolute atomic E-state index is 6.05. The van der Waals surface area contributed by atoms with E-state index in [9.17, 15) is 0 Å². The van der Waals surface area contributed by atoms with Crippen molar-refractivity contribution >= 4 is 19.6 Å². The lowest BCUT2D eigenvalue weighted by atomic mass is 9.77. The second kappa shape index (κ2) is 2.45. The lowest BCUT2D eigenvalue weighted by Crippen LogP contribution is -2.22. The van der Waals surface area contributed by atoms with Gasteiger partial charge in [0.15, 0.2) is 0 Å². The van der Waals surface area contributed by atoms with Crippen molar-refractivity contribution in [2.24, 2.45) is 11.3 Å². The summed E-state index contributed by atoms with van der Waals surface area (Å²) < 4.78 is 0. The van der Waals surface area contributed by atoms with Gasteiger partial charge in [-0.1, -0.05) is 26.1 Å². The summed E-state index contributed by atoms with van der Waals surface area (Å²) in [4.78, 5) is 0. The minimum Gasteiger partial charge on any atom is -0.158 e. The topological polar surface area (TPSA) is 0 Å². The van der Waals surface area contributed by atoms with Crippen LogP contribution < -0.4 is 0 Å². The van der Waals surface area contributed by atoms with Crippen LogP contribution in [0.5, 0.6) is 0 Å². The van der Waals surface area contributed by atoms with E-state index in [1.54, 1.807) is 0 Å². The highest BCUT2D eigenvalue weighted by Crippen LogP contribution is 2.62. The molecule has 0 amide bonds. The number of hydrogen-bond acceptors (Lipinski definition) is 1. The van der Waals surface area contributed by atoms with Gasteiger partial charge in [-0.25, -0.2) is 0 Å². The predicted octanol–water partition coefficient (Wildman–Crippen LogP) is 2.50. The molecule has 2 bridgehead atoms. The quantitative estimate of drug-likeness (QED) is 0.539. The van der Waals surface area contributed by atoms with Crippen LogP contribution in [0.25, 0.3) is 0 Å². The van der Waals surface area contributed by atoms with Gasteiger partial charge in [-0.05, 0) is 23.5 Å². The smallest absolute Gasteiger partial charge is 0.0714 e. The zero-order valence-electron chi connectivity index (χ0n) is 7.34.